The summed E-state index contributed by atoms with van der Waals surface area (Å²) in [6, 6.07) is 4.27. The van der Waals surface area contributed by atoms with E-state index in [2.05, 4.69) is 11.3 Å². The summed E-state index contributed by atoms with van der Waals surface area (Å²) in [4.78, 5) is 0. The molecule has 0 saturated heterocycles. The van der Waals surface area contributed by atoms with Crippen LogP contribution in [0.4, 0.5) is 4.39 Å². The Morgan fingerprint density at radius 1 is 1.50 bits per heavy atom. The van der Waals surface area contributed by atoms with E-state index in [9.17, 15) is 14.2 Å². The minimum atomic E-state index is -1.86. The largest absolute Gasteiger partial charge is 0.583 e. The predicted molar refractivity (Wildman–Crippen MR) is 78.2 cm³/mol. The lowest BCUT2D eigenvalue weighted by Gasteiger charge is -2.17. The number of ether oxygens (including phenoxy) is 1. The second-order valence-corrected chi connectivity index (χ2v) is 5.54. The molecule has 1 unspecified atom stereocenters. The standard InChI is InChI=1S/C14H15FN3O3S/c1-9-6-12(13(21-2)7-11(9)16)17-22(20)14-5-3-4-10(8-15)18(14)19/h3-7,16-17,19H,1,8H2,2H3/q+1. The molecule has 1 aliphatic carbocycles. The molecule has 116 valence electrons. The summed E-state index contributed by atoms with van der Waals surface area (Å²) in [6.07, 6.45) is 2.95. The van der Waals surface area contributed by atoms with Crippen LogP contribution in [0.2, 0.25) is 0 Å². The summed E-state index contributed by atoms with van der Waals surface area (Å²) in [5, 5.41) is 17.5. The number of methoxy groups -OCH3 is 1. The van der Waals surface area contributed by atoms with E-state index in [4.69, 9.17) is 10.1 Å². The van der Waals surface area contributed by atoms with Crippen LogP contribution in [0, 0.1) is 5.41 Å². The van der Waals surface area contributed by atoms with Crippen LogP contribution in [0.15, 0.2) is 59.0 Å². The van der Waals surface area contributed by atoms with E-state index in [0.717, 1.165) is 0 Å². The SMILES string of the molecule is C=C1C=C(N[S+]([O-])c2cccc(CF)[n+]2O)C(OC)=CC1=N. The molecule has 1 aliphatic rings. The summed E-state index contributed by atoms with van der Waals surface area (Å²) >= 11 is -1.86. The Kier molecular flexibility index (Phi) is 4.84. The molecule has 1 atom stereocenters. The number of hydrogen-bond donors (Lipinski definition) is 3. The predicted octanol–water partition coefficient (Wildman–Crippen LogP) is 1.30. The lowest BCUT2D eigenvalue weighted by molar-refractivity contribution is -0.938. The summed E-state index contributed by atoms with van der Waals surface area (Å²) in [6.45, 7) is 2.81. The quantitative estimate of drug-likeness (QED) is 0.432. The number of pyridine rings is 1. The number of allylic oxidation sites excluding steroid dienone is 3. The highest BCUT2D eigenvalue weighted by Gasteiger charge is 2.31. The molecule has 1 heterocycles. The number of aromatic nitrogens is 1. The summed E-state index contributed by atoms with van der Waals surface area (Å²) < 4.78 is 33.4. The van der Waals surface area contributed by atoms with E-state index in [0.29, 0.717) is 21.8 Å². The number of nitrogens with one attached hydrogen (secondary N) is 2. The molecule has 2 rings (SSSR count). The van der Waals surface area contributed by atoms with Crippen molar-refractivity contribution in [1.29, 1.82) is 5.41 Å². The van der Waals surface area contributed by atoms with Gasteiger partial charge in [-0.15, -0.1) is 0 Å². The van der Waals surface area contributed by atoms with Crippen LogP contribution >= 0.6 is 0 Å². The van der Waals surface area contributed by atoms with Gasteiger partial charge in [-0.05, 0) is 17.7 Å². The van der Waals surface area contributed by atoms with Crippen molar-refractivity contribution in [3.8, 4) is 0 Å². The number of nitrogens with zero attached hydrogens (tertiary/aromatic N) is 1. The first-order valence-electron chi connectivity index (χ1n) is 6.21. The molecule has 0 fully saturated rings. The van der Waals surface area contributed by atoms with Gasteiger partial charge >= 0.3 is 5.03 Å². The van der Waals surface area contributed by atoms with Crippen LogP contribution in [-0.4, -0.2) is 22.6 Å². The fraction of sp³-hybridized carbons (Fsp3) is 0.143. The zero-order valence-electron chi connectivity index (χ0n) is 11.8. The van der Waals surface area contributed by atoms with Crippen molar-refractivity contribution in [3.63, 3.8) is 0 Å². The Labute approximate surface area is 130 Å². The van der Waals surface area contributed by atoms with Gasteiger partial charge in [0.2, 0.25) is 0 Å². The van der Waals surface area contributed by atoms with Crippen molar-refractivity contribution in [2.75, 3.05) is 7.11 Å². The first-order chi connectivity index (χ1) is 10.5. The molecule has 8 heteroatoms. The van der Waals surface area contributed by atoms with Gasteiger partial charge in [-0.2, -0.15) is 4.72 Å². The van der Waals surface area contributed by atoms with Crippen LogP contribution in [0.25, 0.3) is 0 Å². The van der Waals surface area contributed by atoms with Gasteiger partial charge in [0.25, 0.3) is 5.69 Å². The van der Waals surface area contributed by atoms with E-state index in [1.807, 2.05) is 0 Å². The molecular weight excluding hydrogens is 309 g/mol. The zero-order valence-corrected chi connectivity index (χ0v) is 12.6. The highest BCUT2D eigenvalue weighted by molar-refractivity contribution is 7.89. The molecule has 0 spiro atoms. The van der Waals surface area contributed by atoms with E-state index in [1.54, 1.807) is 0 Å². The molecule has 0 radical (unpaired) electrons. The van der Waals surface area contributed by atoms with Gasteiger partial charge in [0.05, 0.1) is 23.6 Å². The van der Waals surface area contributed by atoms with Gasteiger partial charge < -0.3 is 14.7 Å². The fourth-order valence-electron chi connectivity index (χ4n) is 1.79. The highest BCUT2D eigenvalue weighted by Crippen LogP contribution is 2.20. The average molecular weight is 324 g/mol. The van der Waals surface area contributed by atoms with E-state index in [-0.39, 0.29) is 16.4 Å². The number of halogens is 1. The molecule has 22 heavy (non-hydrogen) atoms. The maximum absolute atomic E-state index is 12.7. The third-order valence-corrected chi connectivity index (χ3v) is 4.06. The van der Waals surface area contributed by atoms with Gasteiger partial charge in [-0.3, -0.25) is 5.21 Å². The van der Waals surface area contributed by atoms with Crippen LogP contribution in [-0.2, 0) is 22.8 Å². The molecule has 3 N–H and O–H groups in total. The minimum absolute atomic E-state index is 0.0148. The first kappa shape index (κ1) is 16.1. The van der Waals surface area contributed by atoms with Gasteiger partial charge in [0.15, 0.2) is 18.0 Å². The maximum Gasteiger partial charge on any atom is 0.456 e. The van der Waals surface area contributed by atoms with Crippen molar-refractivity contribution in [2.45, 2.75) is 11.7 Å². The Balaban J connectivity index is 2.27. The fourth-order valence-corrected chi connectivity index (χ4v) is 2.73. The van der Waals surface area contributed by atoms with Crippen LogP contribution in [0.3, 0.4) is 0 Å². The first-order valence-corrected chi connectivity index (χ1v) is 7.36. The van der Waals surface area contributed by atoms with E-state index in [1.165, 1.54) is 37.5 Å². The third kappa shape index (κ3) is 3.12. The van der Waals surface area contributed by atoms with Crippen LogP contribution in [0.5, 0.6) is 0 Å². The summed E-state index contributed by atoms with van der Waals surface area (Å²) in [5.41, 5.74) is 0.950. The lowest BCUT2D eigenvalue weighted by atomic mass is 10.0. The monoisotopic (exact) mass is 324 g/mol. The Bertz CT molecular complexity index is 688. The molecule has 0 bridgehead atoms. The van der Waals surface area contributed by atoms with Gasteiger partial charge in [-0.25, -0.2) is 4.39 Å². The summed E-state index contributed by atoms with van der Waals surface area (Å²) in [7, 11) is 1.42. The molecule has 0 amide bonds. The number of alkyl halides is 1. The Morgan fingerprint density at radius 3 is 2.86 bits per heavy atom. The summed E-state index contributed by atoms with van der Waals surface area (Å²) in [5.74, 6) is 0.317. The van der Waals surface area contributed by atoms with Crippen LogP contribution < -0.4 is 9.45 Å². The molecule has 0 saturated carbocycles. The molecule has 0 aliphatic heterocycles. The molecule has 6 nitrogen and oxygen atoms in total. The Morgan fingerprint density at radius 2 is 2.23 bits per heavy atom. The topological polar surface area (TPSA) is 92.3 Å². The van der Waals surface area contributed by atoms with Gasteiger partial charge in [-0.1, -0.05) is 6.58 Å². The van der Waals surface area contributed by atoms with Gasteiger partial charge in [0, 0.05) is 12.1 Å². The van der Waals surface area contributed by atoms with Gasteiger partial charge in [0.1, 0.15) is 11.5 Å². The van der Waals surface area contributed by atoms with E-state index >= 15 is 0 Å². The second kappa shape index (κ2) is 6.63. The zero-order chi connectivity index (χ0) is 16.3. The van der Waals surface area contributed by atoms with Crippen LogP contribution in [0.1, 0.15) is 5.69 Å². The maximum atomic E-state index is 12.7. The smallest absolute Gasteiger partial charge is 0.456 e. The molecule has 0 aromatic carbocycles. The van der Waals surface area contributed by atoms with Crippen molar-refractivity contribution in [1.82, 2.24) is 4.72 Å². The van der Waals surface area contributed by atoms with Crippen molar-refractivity contribution in [2.24, 2.45) is 0 Å². The second-order valence-electron chi connectivity index (χ2n) is 4.38. The Hall–Kier alpha value is -2.32. The van der Waals surface area contributed by atoms with E-state index < -0.39 is 18.0 Å². The third-order valence-electron chi connectivity index (χ3n) is 2.96. The van der Waals surface area contributed by atoms with Crippen molar-refractivity contribution < 1.29 is 23.6 Å². The molecule has 1 aromatic heterocycles. The van der Waals surface area contributed by atoms with Crippen molar-refractivity contribution in [3.05, 3.63) is 59.7 Å². The highest BCUT2D eigenvalue weighted by atomic mass is 32.2. The molecular formula is C14H15FN3O3S+. The minimum Gasteiger partial charge on any atom is -0.583 e. The average Bonchev–Trinajstić information content (AvgIpc) is 2.50. The normalized spacial score (nSPS) is 16.0. The number of rotatable bonds is 5. The number of hydrogen-bond acceptors (Lipinski definition) is 5. The van der Waals surface area contributed by atoms with Crippen molar-refractivity contribution >= 4 is 17.1 Å². The molecule has 1 aromatic rings. The lowest BCUT2D eigenvalue weighted by Crippen LogP contribution is -2.44.